The summed E-state index contributed by atoms with van der Waals surface area (Å²) in [4.78, 5) is 29.3. The topological polar surface area (TPSA) is 96.0 Å². The number of ether oxygens (including phenoxy) is 1. The summed E-state index contributed by atoms with van der Waals surface area (Å²) in [5, 5.41) is 3.67. The number of carbonyl (C=O) groups excluding carboxylic acids is 2. The second-order valence-electron chi connectivity index (χ2n) is 10.6. The van der Waals surface area contributed by atoms with Gasteiger partial charge < -0.3 is 15.0 Å². The molecule has 0 unspecified atom stereocenters. The van der Waals surface area contributed by atoms with E-state index in [0.717, 1.165) is 41.1 Å². The summed E-state index contributed by atoms with van der Waals surface area (Å²) in [6.45, 7) is 3.33. The molecule has 0 heterocycles. The van der Waals surface area contributed by atoms with Crippen molar-refractivity contribution in [3.63, 3.8) is 0 Å². The number of methoxy groups -OCH3 is 1. The summed E-state index contributed by atoms with van der Waals surface area (Å²) in [5.41, 5.74) is 1.96. The Bertz CT molecular complexity index is 1470. The van der Waals surface area contributed by atoms with Crippen LogP contribution >= 0.6 is 11.6 Å². The smallest absolute Gasteiger partial charge is 0.264 e. The highest BCUT2D eigenvalue weighted by Gasteiger charge is 2.34. The van der Waals surface area contributed by atoms with Gasteiger partial charge in [0, 0.05) is 23.7 Å². The molecule has 0 radical (unpaired) electrons. The molecule has 1 atom stereocenters. The summed E-state index contributed by atoms with van der Waals surface area (Å²) in [5.74, 6) is -0.289. The SMILES string of the molecule is CC[C@@H](C(=O)NC1CCCC1)N(Cc1ccc(Cl)cc1)C(=O)CN(c1cccc(OC)c1)S(=O)(=O)c1ccc(C)cc1. The van der Waals surface area contributed by atoms with Crippen LogP contribution in [0.1, 0.15) is 50.2 Å². The van der Waals surface area contributed by atoms with Crippen LogP contribution < -0.4 is 14.4 Å². The van der Waals surface area contributed by atoms with Crippen LogP contribution in [0.5, 0.6) is 5.75 Å². The Labute approximate surface area is 253 Å². The maximum atomic E-state index is 14.2. The molecule has 0 bridgehead atoms. The van der Waals surface area contributed by atoms with Gasteiger partial charge in [-0.3, -0.25) is 13.9 Å². The first-order valence-corrected chi connectivity index (χ1v) is 16.0. The maximum absolute atomic E-state index is 14.2. The summed E-state index contributed by atoms with van der Waals surface area (Å²) in [7, 11) is -2.67. The Morgan fingerprint density at radius 2 is 1.69 bits per heavy atom. The lowest BCUT2D eigenvalue weighted by atomic mass is 10.1. The molecule has 1 aliphatic rings. The molecule has 8 nitrogen and oxygen atoms in total. The molecule has 0 aliphatic heterocycles. The van der Waals surface area contributed by atoms with E-state index in [1.54, 1.807) is 60.7 Å². The minimum Gasteiger partial charge on any atom is -0.497 e. The van der Waals surface area contributed by atoms with Crippen molar-refractivity contribution in [1.29, 1.82) is 0 Å². The molecule has 0 aromatic heterocycles. The number of benzene rings is 3. The fourth-order valence-electron chi connectivity index (χ4n) is 5.21. The Morgan fingerprint density at radius 1 is 1.02 bits per heavy atom. The highest BCUT2D eigenvalue weighted by Crippen LogP contribution is 2.28. The van der Waals surface area contributed by atoms with Crippen molar-refractivity contribution in [1.82, 2.24) is 10.2 Å². The fourth-order valence-corrected chi connectivity index (χ4v) is 6.74. The second-order valence-corrected chi connectivity index (χ2v) is 12.9. The van der Waals surface area contributed by atoms with E-state index in [4.69, 9.17) is 16.3 Å². The molecule has 0 spiro atoms. The van der Waals surface area contributed by atoms with Gasteiger partial charge in [0.2, 0.25) is 11.8 Å². The molecular formula is C32H38ClN3O5S. The number of aryl methyl sites for hydroxylation is 1. The van der Waals surface area contributed by atoms with Crippen LogP contribution in [0.2, 0.25) is 5.02 Å². The third-order valence-corrected chi connectivity index (χ3v) is 9.62. The lowest BCUT2D eigenvalue weighted by Gasteiger charge is -2.34. The van der Waals surface area contributed by atoms with Crippen LogP contribution in [-0.4, -0.2) is 50.9 Å². The zero-order valence-electron chi connectivity index (χ0n) is 24.3. The van der Waals surface area contributed by atoms with Crippen molar-refractivity contribution in [3.05, 3.63) is 88.9 Å². The Hall–Kier alpha value is -3.56. The summed E-state index contributed by atoms with van der Waals surface area (Å²) in [6, 6.07) is 19.4. The molecule has 1 saturated carbocycles. The largest absolute Gasteiger partial charge is 0.497 e. The summed E-state index contributed by atoms with van der Waals surface area (Å²) in [6.07, 6.45) is 4.29. The van der Waals surface area contributed by atoms with E-state index in [0.29, 0.717) is 17.2 Å². The molecular weight excluding hydrogens is 574 g/mol. The molecule has 224 valence electrons. The van der Waals surface area contributed by atoms with Crippen LogP contribution in [0, 0.1) is 6.92 Å². The van der Waals surface area contributed by atoms with Gasteiger partial charge in [-0.2, -0.15) is 0 Å². The molecule has 10 heteroatoms. The zero-order valence-corrected chi connectivity index (χ0v) is 25.8. The van der Waals surface area contributed by atoms with E-state index in [2.05, 4.69) is 5.32 Å². The lowest BCUT2D eigenvalue weighted by Crippen LogP contribution is -2.53. The number of hydrogen-bond donors (Lipinski definition) is 1. The van der Waals surface area contributed by atoms with Gasteiger partial charge >= 0.3 is 0 Å². The van der Waals surface area contributed by atoms with E-state index in [1.807, 2.05) is 13.8 Å². The number of sulfonamides is 1. The first-order chi connectivity index (χ1) is 20.1. The first kappa shape index (κ1) is 31.4. The van der Waals surface area contributed by atoms with Crippen molar-refractivity contribution in [2.45, 2.75) is 69.5 Å². The van der Waals surface area contributed by atoms with E-state index >= 15 is 0 Å². The quantitative estimate of drug-likeness (QED) is 0.283. The Balaban J connectivity index is 1.72. The molecule has 4 rings (SSSR count). The lowest BCUT2D eigenvalue weighted by molar-refractivity contribution is -0.140. The van der Waals surface area contributed by atoms with Crippen LogP contribution in [0.25, 0.3) is 0 Å². The first-order valence-electron chi connectivity index (χ1n) is 14.2. The molecule has 1 aliphatic carbocycles. The van der Waals surface area contributed by atoms with Crippen molar-refractivity contribution >= 4 is 39.1 Å². The van der Waals surface area contributed by atoms with Crippen molar-refractivity contribution in [3.8, 4) is 5.75 Å². The normalized spacial score (nSPS) is 14.3. The van der Waals surface area contributed by atoms with Gasteiger partial charge in [0.15, 0.2) is 0 Å². The third-order valence-electron chi connectivity index (χ3n) is 7.58. The minimum atomic E-state index is -4.16. The van der Waals surface area contributed by atoms with Crippen molar-refractivity contribution in [2.75, 3.05) is 18.0 Å². The Kier molecular flexibility index (Phi) is 10.5. The minimum absolute atomic E-state index is 0.0546. The van der Waals surface area contributed by atoms with Gasteiger partial charge in [-0.25, -0.2) is 8.42 Å². The average Bonchev–Trinajstić information content (AvgIpc) is 3.50. The number of rotatable bonds is 12. The second kappa shape index (κ2) is 14.1. The van der Waals surface area contributed by atoms with E-state index in [-0.39, 0.29) is 29.1 Å². The molecule has 3 aromatic carbocycles. The highest BCUT2D eigenvalue weighted by atomic mass is 35.5. The predicted molar refractivity (Wildman–Crippen MR) is 165 cm³/mol. The van der Waals surface area contributed by atoms with Gasteiger partial charge in [0.25, 0.3) is 10.0 Å². The molecule has 42 heavy (non-hydrogen) atoms. The number of anilines is 1. The van der Waals surface area contributed by atoms with Gasteiger partial charge in [-0.1, -0.05) is 67.3 Å². The molecule has 2 amide bonds. The fraction of sp³-hybridized carbons (Fsp3) is 0.375. The van der Waals surface area contributed by atoms with Gasteiger partial charge in [0.05, 0.1) is 17.7 Å². The van der Waals surface area contributed by atoms with E-state index in [9.17, 15) is 18.0 Å². The van der Waals surface area contributed by atoms with Crippen LogP contribution in [-0.2, 0) is 26.2 Å². The summed E-state index contributed by atoms with van der Waals surface area (Å²) >= 11 is 6.10. The van der Waals surface area contributed by atoms with Crippen molar-refractivity contribution < 1.29 is 22.7 Å². The van der Waals surface area contributed by atoms with Crippen molar-refractivity contribution in [2.24, 2.45) is 0 Å². The van der Waals surface area contributed by atoms with Gasteiger partial charge in [0.1, 0.15) is 18.3 Å². The maximum Gasteiger partial charge on any atom is 0.264 e. The monoisotopic (exact) mass is 611 g/mol. The average molecular weight is 612 g/mol. The third kappa shape index (κ3) is 7.63. The molecule has 1 fully saturated rings. The zero-order chi connectivity index (χ0) is 30.3. The van der Waals surface area contributed by atoms with Gasteiger partial charge in [-0.15, -0.1) is 0 Å². The summed E-state index contributed by atoms with van der Waals surface area (Å²) < 4.78 is 34.5. The van der Waals surface area contributed by atoms with E-state index < -0.39 is 28.5 Å². The number of amides is 2. The molecule has 0 saturated heterocycles. The number of nitrogens with zero attached hydrogens (tertiary/aromatic N) is 2. The van der Waals surface area contributed by atoms with Gasteiger partial charge in [-0.05, 0) is 68.1 Å². The number of nitrogens with one attached hydrogen (secondary N) is 1. The molecule has 3 aromatic rings. The van der Waals surface area contributed by atoms with Crippen LogP contribution in [0.3, 0.4) is 0 Å². The Morgan fingerprint density at radius 3 is 2.31 bits per heavy atom. The standard InChI is InChI=1S/C32H38ClN3O5S/c1-4-30(32(38)34-26-8-5-6-9-26)35(21-24-14-16-25(33)17-15-24)31(37)22-36(27-10-7-11-28(20-27)41-3)42(39,40)29-18-12-23(2)13-19-29/h7,10-20,26,30H,4-6,8-9,21-22H2,1-3H3,(H,34,38)/t30-/m0/s1. The highest BCUT2D eigenvalue weighted by molar-refractivity contribution is 7.92. The number of carbonyl (C=O) groups is 2. The number of halogens is 1. The number of hydrogen-bond acceptors (Lipinski definition) is 5. The van der Waals surface area contributed by atoms with Crippen LogP contribution in [0.4, 0.5) is 5.69 Å². The predicted octanol–water partition coefficient (Wildman–Crippen LogP) is 5.72. The molecule has 1 N–H and O–H groups in total. The van der Waals surface area contributed by atoms with Crippen LogP contribution in [0.15, 0.2) is 77.7 Å². The van der Waals surface area contributed by atoms with E-state index in [1.165, 1.54) is 24.1 Å².